The maximum Gasteiger partial charge on any atom is 0.0345 e. The molecule has 1 N–H and O–H groups in total. The second-order valence-electron chi connectivity index (χ2n) is 3.94. The minimum atomic E-state index is 0.411. The van der Waals surface area contributed by atoms with Crippen molar-refractivity contribution in [2.45, 2.75) is 26.3 Å². The molecule has 3 heteroatoms. The summed E-state index contributed by atoms with van der Waals surface area (Å²) in [6.45, 7) is 7.80. The lowest BCUT2D eigenvalue weighted by molar-refractivity contribution is 0.284. The Morgan fingerprint density at radius 2 is 2.12 bits per heavy atom. The zero-order valence-corrected chi connectivity index (χ0v) is 10.6. The Kier molecular flexibility index (Phi) is 6.04. The fraction of sp³-hybridized carbons (Fsp3) is 0.615. The molecule has 1 unspecified atom stereocenters. The van der Waals surface area contributed by atoms with Crippen LogP contribution in [0, 0.1) is 0 Å². The van der Waals surface area contributed by atoms with Gasteiger partial charge in [0.25, 0.3) is 0 Å². The minimum absolute atomic E-state index is 0.411. The lowest BCUT2D eigenvalue weighted by atomic mass is 10.1. The molecule has 16 heavy (non-hydrogen) atoms. The Labute approximate surface area is 98.9 Å². The van der Waals surface area contributed by atoms with Crippen LogP contribution in [0.4, 0.5) is 0 Å². The maximum absolute atomic E-state index is 4.17. The van der Waals surface area contributed by atoms with E-state index >= 15 is 0 Å². The fourth-order valence-electron chi connectivity index (χ4n) is 1.91. The highest BCUT2D eigenvalue weighted by molar-refractivity contribution is 5.13. The first-order chi connectivity index (χ1) is 7.81. The van der Waals surface area contributed by atoms with E-state index in [1.54, 1.807) is 0 Å². The topological polar surface area (TPSA) is 28.2 Å². The Balaban J connectivity index is 2.50. The molecular formula is C13H23N3. The average Bonchev–Trinajstić information content (AvgIpc) is 2.36. The van der Waals surface area contributed by atoms with Crippen molar-refractivity contribution in [1.29, 1.82) is 0 Å². The van der Waals surface area contributed by atoms with Crippen LogP contribution in [0.3, 0.4) is 0 Å². The molecule has 0 aromatic carbocycles. The summed E-state index contributed by atoms with van der Waals surface area (Å²) in [7, 11) is 2.01. The van der Waals surface area contributed by atoms with Crippen molar-refractivity contribution in [1.82, 2.24) is 15.2 Å². The summed E-state index contributed by atoms with van der Waals surface area (Å²) in [6.07, 6.45) is 4.90. The second-order valence-corrected chi connectivity index (χ2v) is 3.94. The van der Waals surface area contributed by atoms with Gasteiger partial charge >= 0.3 is 0 Å². The third-order valence-electron chi connectivity index (χ3n) is 3.06. The van der Waals surface area contributed by atoms with Crippen LogP contribution in [0.25, 0.3) is 0 Å². The van der Waals surface area contributed by atoms with Gasteiger partial charge in [0, 0.05) is 18.4 Å². The number of aromatic nitrogens is 1. The zero-order chi connectivity index (χ0) is 11.8. The number of hydrogen-bond acceptors (Lipinski definition) is 3. The molecule has 0 saturated carbocycles. The van der Waals surface area contributed by atoms with E-state index < -0.39 is 0 Å². The first kappa shape index (κ1) is 13.1. The number of pyridine rings is 1. The largest absolute Gasteiger partial charge is 0.313 e. The molecular weight excluding hydrogens is 198 g/mol. The smallest absolute Gasteiger partial charge is 0.0345 e. The maximum atomic E-state index is 4.17. The third-order valence-corrected chi connectivity index (χ3v) is 3.06. The van der Waals surface area contributed by atoms with Gasteiger partial charge in [0.15, 0.2) is 0 Å². The molecule has 0 aliphatic heterocycles. The highest BCUT2D eigenvalue weighted by atomic mass is 15.1. The first-order valence-corrected chi connectivity index (χ1v) is 6.11. The van der Waals surface area contributed by atoms with Crippen LogP contribution in [0.5, 0.6) is 0 Å². The van der Waals surface area contributed by atoms with Crippen molar-refractivity contribution in [2.24, 2.45) is 0 Å². The van der Waals surface area contributed by atoms with Crippen LogP contribution in [0.1, 0.15) is 31.9 Å². The zero-order valence-electron chi connectivity index (χ0n) is 10.6. The summed E-state index contributed by atoms with van der Waals surface area (Å²) in [5.74, 6) is 0. The Bertz CT molecular complexity index is 270. The molecule has 90 valence electrons. The summed E-state index contributed by atoms with van der Waals surface area (Å²) in [5.41, 5.74) is 1.28. The van der Waals surface area contributed by atoms with Crippen molar-refractivity contribution in [2.75, 3.05) is 26.7 Å². The standard InChI is InChI=1S/C13H23N3/c1-4-16(5-2)10-8-13(14-3)12-7-6-9-15-11-12/h6-7,9,11,13-14H,4-5,8,10H2,1-3H3. The van der Waals surface area contributed by atoms with Gasteiger partial charge < -0.3 is 10.2 Å². The molecule has 1 heterocycles. The molecule has 0 amide bonds. The van der Waals surface area contributed by atoms with E-state index in [4.69, 9.17) is 0 Å². The molecule has 1 aromatic heterocycles. The Morgan fingerprint density at radius 1 is 1.38 bits per heavy atom. The van der Waals surface area contributed by atoms with Gasteiger partial charge in [0.1, 0.15) is 0 Å². The van der Waals surface area contributed by atoms with Gasteiger partial charge in [0.05, 0.1) is 0 Å². The molecule has 0 aliphatic carbocycles. The molecule has 0 radical (unpaired) electrons. The van der Waals surface area contributed by atoms with Crippen LogP contribution < -0.4 is 5.32 Å². The number of nitrogens with zero attached hydrogens (tertiary/aromatic N) is 2. The van der Waals surface area contributed by atoms with Gasteiger partial charge in [-0.05, 0) is 44.7 Å². The van der Waals surface area contributed by atoms with Gasteiger partial charge in [0.2, 0.25) is 0 Å². The van der Waals surface area contributed by atoms with E-state index in [0.717, 1.165) is 26.1 Å². The predicted octanol–water partition coefficient (Wildman–Crippen LogP) is 2.07. The van der Waals surface area contributed by atoms with E-state index in [2.05, 4.69) is 35.1 Å². The quantitative estimate of drug-likeness (QED) is 0.764. The monoisotopic (exact) mass is 221 g/mol. The molecule has 0 aliphatic rings. The SMILES string of the molecule is CCN(CC)CCC(NC)c1cccnc1. The van der Waals surface area contributed by atoms with Crippen molar-refractivity contribution >= 4 is 0 Å². The first-order valence-electron chi connectivity index (χ1n) is 6.11. The molecule has 0 saturated heterocycles. The van der Waals surface area contributed by atoms with E-state index in [1.807, 2.05) is 25.5 Å². The summed E-state index contributed by atoms with van der Waals surface area (Å²) < 4.78 is 0. The lowest BCUT2D eigenvalue weighted by Gasteiger charge is -2.22. The van der Waals surface area contributed by atoms with E-state index in [0.29, 0.717) is 6.04 Å². The molecule has 3 nitrogen and oxygen atoms in total. The highest BCUT2D eigenvalue weighted by Gasteiger charge is 2.10. The second kappa shape index (κ2) is 7.36. The van der Waals surface area contributed by atoms with Crippen molar-refractivity contribution in [3.8, 4) is 0 Å². The summed E-state index contributed by atoms with van der Waals surface area (Å²) >= 11 is 0. The normalized spacial score (nSPS) is 13.0. The number of hydrogen-bond donors (Lipinski definition) is 1. The van der Waals surface area contributed by atoms with Gasteiger partial charge in [-0.25, -0.2) is 0 Å². The van der Waals surface area contributed by atoms with Crippen molar-refractivity contribution < 1.29 is 0 Å². The van der Waals surface area contributed by atoms with Crippen LogP contribution in [-0.4, -0.2) is 36.6 Å². The number of rotatable bonds is 7. The Morgan fingerprint density at radius 3 is 2.62 bits per heavy atom. The molecule has 1 aromatic rings. The predicted molar refractivity (Wildman–Crippen MR) is 68.4 cm³/mol. The van der Waals surface area contributed by atoms with Crippen LogP contribution in [0.2, 0.25) is 0 Å². The van der Waals surface area contributed by atoms with Gasteiger partial charge in [-0.2, -0.15) is 0 Å². The van der Waals surface area contributed by atoms with Crippen molar-refractivity contribution in [3.05, 3.63) is 30.1 Å². The lowest BCUT2D eigenvalue weighted by Crippen LogP contribution is -2.28. The molecule has 0 spiro atoms. The fourth-order valence-corrected chi connectivity index (χ4v) is 1.91. The van der Waals surface area contributed by atoms with E-state index in [-0.39, 0.29) is 0 Å². The molecule has 1 atom stereocenters. The summed E-state index contributed by atoms with van der Waals surface area (Å²) in [4.78, 5) is 6.61. The van der Waals surface area contributed by atoms with Gasteiger partial charge in [-0.1, -0.05) is 19.9 Å². The van der Waals surface area contributed by atoms with Crippen LogP contribution >= 0.6 is 0 Å². The van der Waals surface area contributed by atoms with Crippen LogP contribution in [-0.2, 0) is 0 Å². The van der Waals surface area contributed by atoms with Crippen LogP contribution in [0.15, 0.2) is 24.5 Å². The minimum Gasteiger partial charge on any atom is -0.313 e. The van der Waals surface area contributed by atoms with E-state index in [9.17, 15) is 0 Å². The molecule has 0 bridgehead atoms. The highest BCUT2D eigenvalue weighted by Crippen LogP contribution is 2.15. The molecule has 1 rings (SSSR count). The van der Waals surface area contributed by atoms with E-state index in [1.165, 1.54) is 5.56 Å². The Hall–Kier alpha value is -0.930. The van der Waals surface area contributed by atoms with Gasteiger partial charge in [-0.3, -0.25) is 4.98 Å². The van der Waals surface area contributed by atoms with Gasteiger partial charge in [-0.15, -0.1) is 0 Å². The molecule has 0 fully saturated rings. The number of nitrogens with one attached hydrogen (secondary N) is 1. The average molecular weight is 221 g/mol. The summed E-state index contributed by atoms with van der Waals surface area (Å²) in [5, 5.41) is 3.36. The third kappa shape index (κ3) is 3.91. The summed E-state index contributed by atoms with van der Waals surface area (Å²) in [6, 6.07) is 4.54. The van der Waals surface area contributed by atoms with Crippen molar-refractivity contribution in [3.63, 3.8) is 0 Å².